The molecule has 0 amide bonds. The van der Waals surface area contributed by atoms with Gasteiger partial charge in [0.1, 0.15) is 0 Å². The molecule has 1 aliphatic heterocycles. The first kappa shape index (κ1) is 15.3. The first-order valence-electron chi connectivity index (χ1n) is 7.25. The van der Waals surface area contributed by atoms with Crippen LogP contribution in [0.3, 0.4) is 0 Å². The summed E-state index contributed by atoms with van der Waals surface area (Å²) < 4.78 is 5.27. The summed E-state index contributed by atoms with van der Waals surface area (Å²) in [6, 6.07) is 2.19. The maximum atomic E-state index is 5.27. The van der Waals surface area contributed by atoms with Gasteiger partial charge in [-0.1, -0.05) is 13.8 Å². The van der Waals surface area contributed by atoms with Crippen LogP contribution in [0, 0.1) is 5.41 Å². The Balaban J connectivity index is 1.83. The van der Waals surface area contributed by atoms with E-state index in [-0.39, 0.29) is 5.41 Å². The molecule has 1 aromatic rings. The molecule has 0 aliphatic carbocycles. The van der Waals surface area contributed by atoms with E-state index in [0.717, 1.165) is 38.8 Å². The van der Waals surface area contributed by atoms with Crippen LogP contribution in [0.5, 0.6) is 0 Å². The molecule has 4 nitrogen and oxygen atoms in total. The summed E-state index contributed by atoms with van der Waals surface area (Å²) in [6.45, 7) is 10.8. The summed E-state index contributed by atoms with van der Waals surface area (Å²) in [5.74, 6) is 1.40. The zero-order chi connectivity index (χ0) is 14.4. The molecule has 1 aliphatic rings. The lowest BCUT2D eigenvalue weighted by atomic mass is 9.89. The standard InChI is InChI=1S/C15H25N3OS/c1-4-16-14(18-9-15(3)10-19-11-15)17-7-12(2)13-5-6-20-8-13/h5-6,8,12H,4,7,9-11H2,1-3H3,(H2,16,17,18). The van der Waals surface area contributed by atoms with Crippen LogP contribution in [0.1, 0.15) is 32.3 Å². The smallest absolute Gasteiger partial charge is 0.191 e. The number of guanidine groups is 1. The van der Waals surface area contributed by atoms with Gasteiger partial charge in [-0.15, -0.1) is 0 Å². The molecule has 1 saturated heterocycles. The minimum absolute atomic E-state index is 0.224. The lowest BCUT2D eigenvalue weighted by Gasteiger charge is -2.36. The van der Waals surface area contributed by atoms with Gasteiger partial charge in [-0.25, -0.2) is 0 Å². The summed E-state index contributed by atoms with van der Waals surface area (Å²) in [4.78, 5) is 4.68. The predicted octanol–water partition coefficient (Wildman–Crippen LogP) is 2.44. The fourth-order valence-corrected chi connectivity index (χ4v) is 2.86. The Labute approximate surface area is 125 Å². The van der Waals surface area contributed by atoms with Crippen molar-refractivity contribution in [3.8, 4) is 0 Å². The maximum absolute atomic E-state index is 5.27. The van der Waals surface area contributed by atoms with E-state index in [2.05, 4.69) is 53.2 Å². The number of thiophene rings is 1. The van der Waals surface area contributed by atoms with Crippen LogP contribution >= 0.6 is 11.3 Å². The van der Waals surface area contributed by atoms with Gasteiger partial charge >= 0.3 is 0 Å². The van der Waals surface area contributed by atoms with Gasteiger partial charge in [0.05, 0.1) is 19.8 Å². The van der Waals surface area contributed by atoms with Crippen molar-refractivity contribution in [2.45, 2.75) is 26.7 Å². The van der Waals surface area contributed by atoms with Crippen LogP contribution < -0.4 is 10.6 Å². The monoisotopic (exact) mass is 295 g/mol. The van der Waals surface area contributed by atoms with Crippen molar-refractivity contribution in [2.75, 3.05) is 32.8 Å². The molecule has 112 valence electrons. The van der Waals surface area contributed by atoms with Gasteiger partial charge in [0, 0.05) is 18.5 Å². The second-order valence-corrected chi connectivity index (χ2v) is 6.62. The summed E-state index contributed by atoms with van der Waals surface area (Å²) in [5, 5.41) is 11.1. The molecule has 1 atom stereocenters. The van der Waals surface area contributed by atoms with Crippen molar-refractivity contribution in [1.29, 1.82) is 0 Å². The molecule has 2 N–H and O–H groups in total. The Hall–Kier alpha value is -1.07. The Morgan fingerprint density at radius 1 is 1.50 bits per heavy atom. The number of nitrogens with one attached hydrogen (secondary N) is 2. The molecule has 2 rings (SSSR count). The van der Waals surface area contributed by atoms with E-state index in [9.17, 15) is 0 Å². The Kier molecular flexibility index (Phi) is 5.43. The molecule has 1 fully saturated rings. The Bertz CT molecular complexity index is 426. The molecule has 0 saturated carbocycles. The highest BCUT2D eigenvalue weighted by Gasteiger charge is 2.33. The van der Waals surface area contributed by atoms with E-state index >= 15 is 0 Å². The third-order valence-electron chi connectivity index (χ3n) is 3.55. The quantitative estimate of drug-likeness (QED) is 0.626. The van der Waals surface area contributed by atoms with Crippen LogP contribution in [-0.4, -0.2) is 38.8 Å². The molecule has 1 unspecified atom stereocenters. The summed E-state index contributed by atoms with van der Waals surface area (Å²) >= 11 is 1.75. The van der Waals surface area contributed by atoms with Crippen LogP contribution in [0.25, 0.3) is 0 Å². The number of rotatable bonds is 6. The Morgan fingerprint density at radius 3 is 2.85 bits per heavy atom. The maximum Gasteiger partial charge on any atom is 0.191 e. The molecule has 20 heavy (non-hydrogen) atoms. The summed E-state index contributed by atoms with van der Waals surface area (Å²) in [6.07, 6.45) is 0. The average Bonchev–Trinajstić information content (AvgIpc) is 2.93. The molecular formula is C15H25N3OS. The van der Waals surface area contributed by atoms with Gasteiger partial charge < -0.3 is 15.4 Å². The molecule has 5 heteroatoms. The van der Waals surface area contributed by atoms with E-state index in [4.69, 9.17) is 4.74 Å². The first-order chi connectivity index (χ1) is 9.63. The third kappa shape index (κ3) is 4.21. The fraction of sp³-hybridized carbons (Fsp3) is 0.667. The number of nitrogens with zero attached hydrogens (tertiary/aromatic N) is 1. The van der Waals surface area contributed by atoms with Crippen LogP contribution in [0.15, 0.2) is 21.8 Å². The van der Waals surface area contributed by atoms with Gasteiger partial charge in [-0.2, -0.15) is 11.3 Å². The highest BCUT2D eigenvalue weighted by atomic mass is 32.1. The molecule has 0 spiro atoms. The van der Waals surface area contributed by atoms with Crippen LogP contribution in [0.4, 0.5) is 0 Å². The molecule has 0 bridgehead atoms. The van der Waals surface area contributed by atoms with E-state index in [0.29, 0.717) is 5.92 Å². The molecule has 0 radical (unpaired) electrons. The van der Waals surface area contributed by atoms with Crippen molar-refractivity contribution in [3.05, 3.63) is 22.4 Å². The van der Waals surface area contributed by atoms with E-state index < -0.39 is 0 Å². The summed E-state index contributed by atoms with van der Waals surface area (Å²) in [5.41, 5.74) is 1.61. The third-order valence-corrected chi connectivity index (χ3v) is 4.25. The normalized spacial score (nSPS) is 19.2. The largest absolute Gasteiger partial charge is 0.380 e. The summed E-state index contributed by atoms with van der Waals surface area (Å²) in [7, 11) is 0. The minimum atomic E-state index is 0.224. The molecule has 2 heterocycles. The second kappa shape index (κ2) is 7.09. The van der Waals surface area contributed by atoms with Crippen LogP contribution in [-0.2, 0) is 4.74 Å². The molecule has 0 aromatic carbocycles. The van der Waals surface area contributed by atoms with Crippen molar-refractivity contribution < 1.29 is 4.74 Å². The van der Waals surface area contributed by atoms with Crippen molar-refractivity contribution in [3.63, 3.8) is 0 Å². The van der Waals surface area contributed by atoms with Crippen molar-refractivity contribution >= 4 is 17.3 Å². The zero-order valence-electron chi connectivity index (χ0n) is 12.6. The van der Waals surface area contributed by atoms with Crippen molar-refractivity contribution in [1.82, 2.24) is 10.6 Å². The SMILES string of the molecule is CCNC(=NCC1(C)COC1)NCC(C)c1ccsc1. The van der Waals surface area contributed by atoms with Gasteiger partial charge in [-0.05, 0) is 35.2 Å². The fourth-order valence-electron chi connectivity index (χ4n) is 2.08. The average molecular weight is 295 g/mol. The van der Waals surface area contributed by atoms with E-state index in [1.54, 1.807) is 11.3 Å². The highest BCUT2D eigenvalue weighted by Crippen LogP contribution is 2.26. The van der Waals surface area contributed by atoms with Gasteiger partial charge in [0.15, 0.2) is 5.96 Å². The first-order valence-corrected chi connectivity index (χ1v) is 8.19. The topological polar surface area (TPSA) is 45.7 Å². The molecular weight excluding hydrogens is 270 g/mol. The number of hydrogen-bond donors (Lipinski definition) is 2. The highest BCUT2D eigenvalue weighted by molar-refractivity contribution is 7.07. The zero-order valence-corrected chi connectivity index (χ0v) is 13.4. The number of aliphatic imine (C=N–C) groups is 1. The number of ether oxygens (including phenoxy) is 1. The number of hydrogen-bond acceptors (Lipinski definition) is 3. The van der Waals surface area contributed by atoms with Gasteiger partial charge in [0.25, 0.3) is 0 Å². The van der Waals surface area contributed by atoms with Gasteiger partial charge in [0.2, 0.25) is 0 Å². The van der Waals surface area contributed by atoms with E-state index in [1.807, 2.05) is 0 Å². The lowest BCUT2D eigenvalue weighted by Crippen LogP contribution is -2.44. The van der Waals surface area contributed by atoms with Crippen molar-refractivity contribution in [2.24, 2.45) is 10.4 Å². The Morgan fingerprint density at radius 2 is 2.30 bits per heavy atom. The van der Waals surface area contributed by atoms with Crippen LogP contribution in [0.2, 0.25) is 0 Å². The van der Waals surface area contributed by atoms with E-state index in [1.165, 1.54) is 5.56 Å². The lowest BCUT2D eigenvalue weighted by molar-refractivity contribution is -0.0945. The van der Waals surface area contributed by atoms with Gasteiger partial charge in [-0.3, -0.25) is 4.99 Å². The predicted molar refractivity (Wildman–Crippen MR) is 85.6 cm³/mol. The molecule has 1 aromatic heterocycles. The minimum Gasteiger partial charge on any atom is -0.380 e. The second-order valence-electron chi connectivity index (χ2n) is 5.84.